The van der Waals surface area contributed by atoms with Crippen LogP contribution >= 0.6 is 0 Å². The molecule has 0 saturated carbocycles. The number of hydrogen-bond acceptors (Lipinski definition) is 6. The predicted molar refractivity (Wildman–Crippen MR) is 92.2 cm³/mol. The largest absolute Gasteiger partial charge is 0.466 e. The van der Waals surface area contributed by atoms with E-state index in [2.05, 4.69) is 20.0 Å². The summed E-state index contributed by atoms with van der Waals surface area (Å²) in [7, 11) is 1.87. The summed E-state index contributed by atoms with van der Waals surface area (Å²) in [5.74, 6) is 2.53. The molecular weight excluding hydrogens is 320 g/mol. The second-order valence-corrected chi connectivity index (χ2v) is 6.26. The van der Waals surface area contributed by atoms with E-state index in [1.165, 1.54) is 0 Å². The molecule has 1 saturated heterocycles. The summed E-state index contributed by atoms with van der Waals surface area (Å²) in [6, 6.07) is 3.75. The standard InChI is InChI=1S/C17H20N6O2/c1-12-3-4-13(25-12)9-15(24)22-5-7-23(8-6-22)17-14-10-20-21(2)16(14)18-11-19-17/h3-4,10-11H,5-9H2,1-2H3. The van der Waals surface area contributed by atoms with Gasteiger partial charge in [-0.05, 0) is 19.1 Å². The van der Waals surface area contributed by atoms with Gasteiger partial charge in [-0.1, -0.05) is 0 Å². The Morgan fingerprint density at radius 1 is 1.20 bits per heavy atom. The lowest BCUT2D eigenvalue weighted by atomic mass is 10.2. The van der Waals surface area contributed by atoms with Crippen molar-refractivity contribution in [2.75, 3.05) is 31.1 Å². The average Bonchev–Trinajstić information content (AvgIpc) is 3.21. The van der Waals surface area contributed by atoms with Crippen LogP contribution in [0.4, 0.5) is 5.82 Å². The van der Waals surface area contributed by atoms with Crippen molar-refractivity contribution in [1.82, 2.24) is 24.6 Å². The second kappa shape index (κ2) is 6.19. The molecule has 0 aromatic carbocycles. The lowest BCUT2D eigenvalue weighted by Crippen LogP contribution is -2.49. The van der Waals surface area contributed by atoms with Crippen molar-refractivity contribution in [3.8, 4) is 0 Å². The summed E-state index contributed by atoms with van der Waals surface area (Å²) in [4.78, 5) is 25.2. The highest BCUT2D eigenvalue weighted by Gasteiger charge is 2.24. The molecule has 130 valence electrons. The van der Waals surface area contributed by atoms with Gasteiger partial charge in [-0.15, -0.1) is 0 Å². The average molecular weight is 340 g/mol. The van der Waals surface area contributed by atoms with Crippen molar-refractivity contribution in [3.63, 3.8) is 0 Å². The molecular formula is C17H20N6O2. The van der Waals surface area contributed by atoms with Gasteiger partial charge in [0.05, 0.1) is 18.0 Å². The molecule has 0 radical (unpaired) electrons. The highest BCUT2D eigenvalue weighted by atomic mass is 16.3. The molecule has 8 heteroatoms. The van der Waals surface area contributed by atoms with Crippen LogP contribution in [-0.2, 0) is 18.3 Å². The smallest absolute Gasteiger partial charge is 0.230 e. The summed E-state index contributed by atoms with van der Waals surface area (Å²) < 4.78 is 7.24. The van der Waals surface area contributed by atoms with Gasteiger partial charge >= 0.3 is 0 Å². The minimum Gasteiger partial charge on any atom is -0.466 e. The number of rotatable bonds is 3. The number of hydrogen-bond donors (Lipinski definition) is 0. The Kier molecular flexibility index (Phi) is 3.87. The van der Waals surface area contributed by atoms with Crippen LogP contribution in [-0.4, -0.2) is 56.7 Å². The number of carbonyl (C=O) groups excluding carboxylic acids is 1. The van der Waals surface area contributed by atoms with E-state index >= 15 is 0 Å². The number of carbonyl (C=O) groups is 1. The maximum atomic E-state index is 12.4. The lowest BCUT2D eigenvalue weighted by molar-refractivity contribution is -0.131. The summed E-state index contributed by atoms with van der Waals surface area (Å²) in [6.07, 6.45) is 3.67. The van der Waals surface area contributed by atoms with E-state index in [0.717, 1.165) is 41.5 Å². The fourth-order valence-corrected chi connectivity index (χ4v) is 3.21. The number of anilines is 1. The summed E-state index contributed by atoms with van der Waals surface area (Å²) >= 11 is 0. The Morgan fingerprint density at radius 3 is 2.72 bits per heavy atom. The first kappa shape index (κ1) is 15.6. The van der Waals surface area contributed by atoms with Crippen LogP contribution in [0.1, 0.15) is 11.5 Å². The Morgan fingerprint density at radius 2 is 2.00 bits per heavy atom. The van der Waals surface area contributed by atoms with Crippen molar-refractivity contribution in [2.24, 2.45) is 7.05 Å². The molecule has 1 amide bonds. The number of amides is 1. The zero-order valence-corrected chi connectivity index (χ0v) is 14.3. The quantitative estimate of drug-likeness (QED) is 0.712. The van der Waals surface area contributed by atoms with Gasteiger partial charge in [0.25, 0.3) is 0 Å². The highest BCUT2D eigenvalue weighted by Crippen LogP contribution is 2.23. The first-order valence-corrected chi connectivity index (χ1v) is 8.32. The van der Waals surface area contributed by atoms with Crippen LogP contribution in [0, 0.1) is 6.92 Å². The zero-order chi connectivity index (χ0) is 17.4. The molecule has 4 heterocycles. The van der Waals surface area contributed by atoms with Gasteiger partial charge in [-0.25, -0.2) is 9.97 Å². The number of piperazine rings is 1. The third-order valence-electron chi connectivity index (χ3n) is 4.56. The van der Waals surface area contributed by atoms with Crippen LogP contribution in [0.2, 0.25) is 0 Å². The number of fused-ring (bicyclic) bond motifs is 1. The number of aromatic nitrogens is 4. The van der Waals surface area contributed by atoms with Crippen LogP contribution in [0.5, 0.6) is 0 Å². The Labute approximate surface area is 145 Å². The maximum absolute atomic E-state index is 12.4. The van der Waals surface area contributed by atoms with Crippen molar-refractivity contribution >= 4 is 22.8 Å². The molecule has 3 aromatic heterocycles. The van der Waals surface area contributed by atoms with Gasteiger partial charge in [0.1, 0.15) is 23.7 Å². The third-order valence-corrected chi connectivity index (χ3v) is 4.56. The Hall–Kier alpha value is -2.90. The Bertz CT molecular complexity index is 907. The zero-order valence-electron chi connectivity index (χ0n) is 14.3. The third kappa shape index (κ3) is 2.95. The lowest BCUT2D eigenvalue weighted by Gasteiger charge is -2.35. The van der Waals surface area contributed by atoms with E-state index in [0.29, 0.717) is 19.5 Å². The molecule has 25 heavy (non-hydrogen) atoms. The molecule has 0 unspecified atom stereocenters. The molecule has 0 aliphatic carbocycles. The highest BCUT2D eigenvalue weighted by molar-refractivity contribution is 5.86. The van der Waals surface area contributed by atoms with Crippen molar-refractivity contribution in [3.05, 3.63) is 36.2 Å². The van der Waals surface area contributed by atoms with E-state index in [1.807, 2.05) is 31.0 Å². The van der Waals surface area contributed by atoms with Crippen LogP contribution < -0.4 is 4.90 Å². The van der Waals surface area contributed by atoms with Gasteiger partial charge in [-0.3, -0.25) is 9.48 Å². The molecule has 0 bridgehead atoms. The van der Waals surface area contributed by atoms with Gasteiger partial charge in [0, 0.05) is 33.2 Å². The molecule has 1 aliphatic heterocycles. The van der Waals surface area contributed by atoms with Crippen molar-refractivity contribution in [1.29, 1.82) is 0 Å². The normalized spacial score (nSPS) is 15.1. The first-order chi connectivity index (χ1) is 12.1. The van der Waals surface area contributed by atoms with E-state index in [1.54, 1.807) is 17.2 Å². The van der Waals surface area contributed by atoms with Gasteiger partial charge in [0.15, 0.2) is 5.65 Å². The number of aryl methyl sites for hydroxylation is 2. The molecule has 0 spiro atoms. The van der Waals surface area contributed by atoms with E-state index in [-0.39, 0.29) is 5.91 Å². The maximum Gasteiger partial charge on any atom is 0.230 e. The number of nitrogens with zero attached hydrogens (tertiary/aromatic N) is 6. The number of furan rings is 1. The molecule has 1 aliphatic rings. The van der Waals surface area contributed by atoms with Crippen LogP contribution in [0.15, 0.2) is 29.1 Å². The van der Waals surface area contributed by atoms with Gasteiger partial charge < -0.3 is 14.2 Å². The van der Waals surface area contributed by atoms with E-state index in [9.17, 15) is 4.79 Å². The Balaban J connectivity index is 1.43. The molecule has 1 fully saturated rings. The van der Waals surface area contributed by atoms with Crippen LogP contribution in [0.25, 0.3) is 11.0 Å². The van der Waals surface area contributed by atoms with E-state index < -0.39 is 0 Å². The minimum absolute atomic E-state index is 0.100. The molecule has 0 N–H and O–H groups in total. The topological polar surface area (TPSA) is 80.3 Å². The van der Waals surface area contributed by atoms with Crippen molar-refractivity contribution in [2.45, 2.75) is 13.3 Å². The van der Waals surface area contributed by atoms with E-state index in [4.69, 9.17) is 4.42 Å². The molecule has 8 nitrogen and oxygen atoms in total. The van der Waals surface area contributed by atoms with Crippen molar-refractivity contribution < 1.29 is 9.21 Å². The minimum atomic E-state index is 0.100. The second-order valence-electron chi connectivity index (χ2n) is 6.26. The first-order valence-electron chi connectivity index (χ1n) is 8.32. The van der Waals surface area contributed by atoms with Gasteiger partial charge in [0.2, 0.25) is 5.91 Å². The monoisotopic (exact) mass is 340 g/mol. The SMILES string of the molecule is Cc1ccc(CC(=O)N2CCN(c3ncnc4c3cnn4C)CC2)o1. The molecule has 3 aromatic rings. The molecule has 4 rings (SSSR count). The summed E-state index contributed by atoms with van der Waals surface area (Å²) in [5.41, 5.74) is 0.816. The summed E-state index contributed by atoms with van der Waals surface area (Å²) in [5, 5.41) is 5.20. The predicted octanol–water partition coefficient (Wildman–Crippen LogP) is 1.16. The molecule has 0 atom stereocenters. The summed E-state index contributed by atoms with van der Waals surface area (Å²) in [6.45, 7) is 4.70. The van der Waals surface area contributed by atoms with Crippen LogP contribution in [0.3, 0.4) is 0 Å². The fraction of sp³-hybridized carbons (Fsp3) is 0.412. The fourth-order valence-electron chi connectivity index (χ4n) is 3.21. The van der Waals surface area contributed by atoms with Gasteiger partial charge in [-0.2, -0.15) is 5.10 Å².